The number of aliphatic imine (C=N–C) groups is 2. The van der Waals surface area contributed by atoms with Crippen LogP contribution in [-0.2, 0) is 10.0 Å². The topological polar surface area (TPSA) is 168 Å². The number of hydrogen-bond donors (Lipinski definition) is 3. The Morgan fingerprint density at radius 2 is 1.53 bits per heavy atom. The van der Waals surface area contributed by atoms with Crippen LogP contribution in [0.4, 0.5) is 5.69 Å². The third-order valence-corrected chi connectivity index (χ3v) is 5.33. The number of guanidine groups is 2. The lowest BCUT2D eigenvalue weighted by molar-refractivity contribution is 0.323. The van der Waals surface area contributed by atoms with Gasteiger partial charge in [-0.25, -0.2) is 18.5 Å². The highest BCUT2D eigenvalue weighted by atomic mass is 32.2. The molecule has 1 aliphatic rings. The average Bonchev–Trinajstić information content (AvgIpc) is 2.71. The first-order chi connectivity index (χ1) is 14.2. The van der Waals surface area contributed by atoms with Crippen molar-refractivity contribution in [3.63, 3.8) is 0 Å². The van der Waals surface area contributed by atoms with Crippen LogP contribution in [0.15, 0.2) is 51.3 Å². The summed E-state index contributed by atoms with van der Waals surface area (Å²) in [7, 11) is 0.661. The fourth-order valence-corrected chi connectivity index (χ4v) is 3.57. The molecular weight excluding hydrogens is 412 g/mol. The number of nitrogens with zero attached hydrogens (tertiary/aromatic N) is 3. The molecule has 12 heteroatoms. The van der Waals surface area contributed by atoms with Crippen LogP contribution in [0.25, 0.3) is 0 Å². The summed E-state index contributed by atoms with van der Waals surface area (Å²) in [6.07, 6.45) is -0.725. The van der Waals surface area contributed by atoms with Gasteiger partial charge in [-0.2, -0.15) is 4.99 Å². The van der Waals surface area contributed by atoms with Crippen molar-refractivity contribution < 1.29 is 22.6 Å². The van der Waals surface area contributed by atoms with Crippen molar-refractivity contribution in [1.82, 2.24) is 0 Å². The lowest BCUT2D eigenvalue weighted by Crippen LogP contribution is -2.44. The summed E-state index contributed by atoms with van der Waals surface area (Å²) in [5.74, 6) is 1.33. The molecule has 1 unspecified atom stereocenters. The van der Waals surface area contributed by atoms with E-state index in [2.05, 4.69) is 9.98 Å². The molecule has 0 fully saturated rings. The van der Waals surface area contributed by atoms with Gasteiger partial charge < -0.3 is 25.7 Å². The van der Waals surface area contributed by atoms with Crippen LogP contribution >= 0.6 is 0 Å². The number of rotatable bonds is 6. The van der Waals surface area contributed by atoms with Crippen molar-refractivity contribution in [1.29, 1.82) is 0 Å². The molecule has 0 spiro atoms. The highest BCUT2D eigenvalue weighted by Crippen LogP contribution is 2.42. The van der Waals surface area contributed by atoms with Gasteiger partial charge in [-0.3, -0.25) is 4.90 Å². The summed E-state index contributed by atoms with van der Waals surface area (Å²) in [5.41, 5.74) is 13.1. The smallest absolute Gasteiger partial charge is 0.238 e. The quantitative estimate of drug-likeness (QED) is 0.591. The van der Waals surface area contributed by atoms with E-state index in [4.69, 9.17) is 30.8 Å². The molecule has 160 valence electrons. The zero-order chi connectivity index (χ0) is 22.1. The zero-order valence-electron chi connectivity index (χ0n) is 16.6. The van der Waals surface area contributed by atoms with Crippen molar-refractivity contribution in [2.45, 2.75) is 11.1 Å². The maximum atomic E-state index is 11.6. The third-order valence-electron chi connectivity index (χ3n) is 4.40. The molecule has 11 nitrogen and oxygen atoms in total. The van der Waals surface area contributed by atoms with Crippen LogP contribution in [0.3, 0.4) is 0 Å². The standard InChI is InChI=1S/C18H22N6O5S/c1-27-13-8-10(9-14(28-2)15(13)29-3)16-22-17(19)23-18(20)24(16)11-4-6-12(7-5-11)30(21,25)26/h4-9,16H,1-3H3,(H2,21,25,26)(H4,19,20,22,23). The summed E-state index contributed by atoms with van der Waals surface area (Å²) < 4.78 is 39.3. The van der Waals surface area contributed by atoms with Crippen molar-refractivity contribution in [3.05, 3.63) is 42.0 Å². The van der Waals surface area contributed by atoms with Crippen LogP contribution in [0.1, 0.15) is 11.7 Å². The first-order valence-corrected chi connectivity index (χ1v) is 10.1. The first kappa shape index (κ1) is 21.2. The maximum absolute atomic E-state index is 11.6. The van der Waals surface area contributed by atoms with Gasteiger partial charge in [-0.05, 0) is 36.4 Å². The van der Waals surface area contributed by atoms with Crippen molar-refractivity contribution in [3.8, 4) is 17.2 Å². The zero-order valence-corrected chi connectivity index (χ0v) is 17.4. The number of ether oxygens (including phenoxy) is 3. The Morgan fingerprint density at radius 1 is 0.967 bits per heavy atom. The summed E-state index contributed by atoms with van der Waals surface area (Å²) in [4.78, 5) is 9.97. The predicted molar refractivity (Wildman–Crippen MR) is 112 cm³/mol. The molecule has 0 bridgehead atoms. The van der Waals surface area contributed by atoms with E-state index < -0.39 is 16.2 Å². The Bertz CT molecular complexity index is 1090. The number of methoxy groups -OCH3 is 3. The molecule has 0 aromatic heterocycles. The molecule has 1 aliphatic heterocycles. The second-order valence-corrected chi connectivity index (χ2v) is 7.76. The molecule has 2 aromatic carbocycles. The predicted octanol–water partition coefficient (Wildman–Crippen LogP) is 0.508. The molecule has 0 aliphatic carbocycles. The average molecular weight is 434 g/mol. The Labute approximate surface area is 173 Å². The van der Waals surface area contributed by atoms with Crippen LogP contribution < -0.4 is 35.7 Å². The van der Waals surface area contributed by atoms with Crippen LogP contribution in [0.5, 0.6) is 17.2 Å². The molecule has 30 heavy (non-hydrogen) atoms. The molecular formula is C18H22N6O5S. The number of primary sulfonamides is 1. The Kier molecular flexibility index (Phi) is 5.71. The third kappa shape index (κ3) is 3.95. The van der Waals surface area contributed by atoms with Crippen LogP contribution in [0.2, 0.25) is 0 Å². The second-order valence-electron chi connectivity index (χ2n) is 6.20. The fraction of sp³-hybridized carbons (Fsp3) is 0.222. The van der Waals surface area contributed by atoms with E-state index in [9.17, 15) is 8.42 Å². The minimum Gasteiger partial charge on any atom is -0.493 e. The van der Waals surface area contributed by atoms with E-state index in [1.54, 1.807) is 29.2 Å². The monoisotopic (exact) mass is 434 g/mol. The number of sulfonamides is 1. The molecule has 1 heterocycles. The van der Waals surface area contributed by atoms with Gasteiger partial charge in [0, 0.05) is 11.3 Å². The van der Waals surface area contributed by atoms with Crippen LogP contribution in [0, 0.1) is 0 Å². The fourth-order valence-electron chi connectivity index (χ4n) is 3.05. The van der Waals surface area contributed by atoms with E-state index >= 15 is 0 Å². The summed E-state index contributed by atoms with van der Waals surface area (Å²) >= 11 is 0. The molecule has 0 radical (unpaired) electrons. The largest absolute Gasteiger partial charge is 0.493 e. The number of anilines is 1. The highest BCUT2D eigenvalue weighted by Gasteiger charge is 2.30. The van der Waals surface area contributed by atoms with Gasteiger partial charge in [-0.15, -0.1) is 0 Å². The van der Waals surface area contributed by atoms with Gasteiger partial charge in [0.25, 0.3) is 0 Å². The molecule has 0 saturated heterocycles. The summed E-state index contributed by atoms with van der Waals surface area (Å²) in [6.45, 7) is 0. The number of benzene rings is 2. The molecule has 6 N–H and O–H groups in total. The molecule has 0 amide bonds. The van der Waals surface area contributed by atoms with Crippen LogP contribution in [-0.4, -0.2) is 41.7 Å². The Morgan fingerprint density at radius 3 is 2.00 bits per heavy atom. The molecule has 1 atom stereocenters. The second kappa shape index (κ2) is 8.08. The summed E-state index contributed by atoms with van der Waals surface area (Å²) in [6, 6.07) is 9.26. The minimum atomic E-state index is -3.84. The first-order valence-electron chi connectivity index (χ1n) is 8.59. The van der Waals surface area contributed by atoms with Gasteiger partial charge in [-0.1, -0.05) is 0 Å². The molecule has 2 aromatic rings. The number of hydrogen-bond acceptors (Lipinski definition) is 10. The summed E-state index contributed by atoms with van der Waals surface area (Å²) in [5, 5.41) is 5.17. The van der Waals surface area contributed by atoms with Crippen molar-refractivity contribution >= 4 is 27.6 Å². The van der Waals surface area contributed by atoms with E-state index in [0.29, 0.717) is 28.5 Å². The highest BCUT2D eigenvalue weighted by molar-refractivity contribution is 7.89. The normalized spacial score (nSPS) is 16.5. The maximum Gasteiger partial charge on any atom is 0.238 e. The van der Waals surface area contributed by atoms with Gasteiger partial charge in [0.15, 0.2) is 17.7 Å². The van der Waals surface area contributed by atoms with E-state index in [1.807, 2.05) is 0 Å². The minimum absolute atomic E-state index is 0.0105. The lowest BCUT2D eigenvalue weighted by Gasteiger charge is -2.33. The van der Waals surface area contributed by atoms with Crippen molar-refractivity contribution in [2.24, 2.45) is 26.6 Å². The van der Waals surface area contributed by atoms with Crippen molar-refractivity contribution in [2.75, 3.05) is 26.2 Å². The SMILES string of the molecule is COc1cc(C2N=C(N)N=C(N)N2c2ccc(S(N)(=O)=O)cc2)cc(OC)c1OC. The van der Waals surface area contributed by atoms with Gasteiger partial charge in [0.2, 0.25) is 27.7 Å². The molecule has 0 saturated carbocycles. The van der Waals surface area contributed by atoms with Gasteiger partial charge in [0.05, 0.1) is 26.2 Å². The van der Waals surface area contributed by atoms with Gasteiger partial charge in [0.1, 0.15) is 0 Å². The Hall–Kier alpha value is -3.51. The number of nitrogens with two attached hydrogens (primary N) is 3. The molecule has 3 rings (SSSR count). The van der Waals surface area contributed by atoms with E-state index in [-0.39, 0.29) is 16.8 Å². The van der Waals surface area contributed by atoms with Gasteiger partial charge >= 0.3 is 0 Å². The Balaban J connectivity index is 2.13. The van der Waals surface area contributed by atoms with E-state index in [0.717, 1.165) is 0 Å². The lowest BCUT2D eigenvalue weighted by atomic mass is 10.1. The van der Waals surface area contributed by atoms with E-state index in [1.165, 1.54) is 33.5 Å².